The number of aromatic nitrogens is 2. The predicted octanol–water partition coefficient (Wildman–Crippen LogP) is 3.74. The average Bonchev–Trinajstić information content (AvgIpc) is 3.24. The quantitative estimate of drug-likeness (QED) is 0.473. The topological polar surface area (TPSA) is 93.7 Å². The van der Waals surface area contributed by atoms with Gasteiger partial charge in [-0.15, -0.1) is 0 Å². The maximum Gasteiger partial charge on any atom is 0.418 e. The first-order chi connectivity index (χ1) is 17.8. The van der Waals surface area contributed by atoms with Gasteiger partial charge < -0.3 is 20.4 Å². The Hall–Kier alpha value is -2.71. The first kappa shape index (κ1) is 28.3. The molecular formula is C24H33F4N7O2S. The van der Waals surface area contributed by atoms with E-state index in [0.29, 0.717) is 6.04 Å². The Morgan fingerprint density at radius 2 is 1.87 bits per heavy atom. The molecule has 2 aliphatic heterocycles. The van der Waals surface area contributed by atoms with E-state index in [1.54, 1.807) is 0 Å². The molecule has 1 aromatic carbocycles. The number of rotatable bonds is 8. The van der Waals surface area contributed by atoms with E-state index in [1.165, 1.54) is 21.3 Å². The van der Waals surface area contributed by atoms with E-state index in [-0.39, 0.29) is 55.4 Å². The summed E-state index contributed by atoms with van der Waals surface area (Å²) < 4.78 is 81.1. The van der Waals surface area contributed by atoms with Crippen LogP contribution in [0.4, 0.5) is 40.7 Å². The van der Waals surface area contributed by atoms with Gasteiger partial charge in [-0.05, 0) is 58.0 Å². The Morgan fingerprint density at radius 1 is 1.16 bits per heavy atom. The van der Waals surface area contributed by atoms with Gasteiger partial charge in [0.05, 0.1) is 18.0 Å². The first-order valence-electron chi connectivity index (χ1n) is 12.5. The van der Waals surface area contributed by atoms with Crippen LogP contribution in [0.5, 0.6) is 0 Å². The lowest BCUT2D eigenvalue weighted by molar-refractivity contribution is -0.137. The number of anilines is 4. The van der Waals surface area contributed by atoms with E-state index in [0.717, 1.165) is 44.3 Å². The third-order valence-corrected chi connectivity index (χ3v) is 8.33. The van der Waals surface area contributed by atoms with E-state index in [9.17, 15) is 26.0 Å². The minimum absolute atomic E-state index is 0.0212. The number of alkyl halides is 3. The van der Waals surface area contributed by atoms with Gasteiger partial charge in [-0.2, -0.15) is 22.5 Å². The fraction of sp³-hybridized carbons (Fsp3) is 0.583. The van der Waals surface area contributed by atoms with Crippen molar-refractivity contribution >= 4 is 33.2 Å². The van der Waals surface area contributed by atoms with Gasteiger partial charge in [0.15, 0.2) is 11.6 Å². The second-order valence-corrected chi connectivity index (χ2v) is 11.9. The van der Waals surface area contributed by atoms with Crippen molar-refractivity contribution in [2.24, 2.45) is 0 Å². The van der Waals surface area contributed by atoms with Crippen LogP contribution in [0.15, 0.2) is 24.4 Å². The highest BCUT2D eigenvalue weighted by molar-refractivity contribution is 7.88. The van der Waals surface area contributed by atoms with Crippen molar-refractivity contribution in [3.63, 3.8) is 0 Å². The summed E-state index contributed by atoms with van der Waals surface area (Å²) >= 11 is 0. The first-order valence-corrected chi connectivity index (χ1v) is 14.3. The summed E-state index contributed by atoms with van der Waals surface area (Å²) in [6, 6.07) is 4.08. The molecule has 0 bridgehead atoms. The molecule has 3 heterocycles. The van der Waals surface area contributed by atoms with Crippen molar-refractivity contribution in [2.45, 2.75) is 44.4 Å². The van der Waals surface area contributed by atoms with Crippen LogP contribution < -0.4 is 15.5 Å². The second kappa shape index (κ2) is 11.2. The number of nitrogens with one attached hydrogen (secondary N) is 2. The smallest absolute Gasteiger partial charge is 0.368 e. The molecule has 2 fully saturated rings. The Labute approximate surface area is 220 Å². The molecule has 210 valence electrons. The number of halogens is 4. The Balaban J connectivity index is 1.49. The van der Waals surface area contributed by atoms with Gasteiger partial charge in [-0.1, -0.05) is 0 Å². The Morgan fingerprint density at radius 3 is 2.47 bits per heavy atom. The normalized spacial score (nSPS) is 20.5. The third-order valence-electron chi connectivity index (χ3n) is 7.03. The number of likely N-dealkylation sites (tertiary alicyclic amines) is 1. The molecule has 2 atom stereocenters. The highest BCUT2D eigenvalue weighted by atomic mass is 32.2. The lowest BCUT2D eigenvalue weighted by atomic mass is 10.1. The van der Waals surface area contributed by atoms with Crippen LogP contribution in [0.1, 0.15) is 31.7 Å². The largest absolute Gasteiger partial charge is 0.418 e. The van der Waals surface area contributed by atoms with Crippen molar-refractivity contribution in [3.8, 4) is 0 Å². The molecule has 1 unspecified atom stereocenters. The molecular weight excluding hydrogens is 526 g/mol. The lowest BCUT2D eigenvalue weighted by Gasteiger charge is -2.36. The van der Waals surface area contributed by atoms with Gasteiger partial charge in [-0.3, -0.25) is 0 Å². The van der Waals surface area contributed by atoms with Crippen LogP contribution in [-0.2, 0) is 16.2 Å². The van der Waals surface area contributed by atoms with E-state index < -0.39 is 27.6 Å². The molecule has 14 heteroatoms. The molecule has 0 radical (unpaired) electrons. The van der Waals surface area contributed by atoms with Crippen molar-refractivity contribution < 1.29 is 26.0 Å². The number of sulfonamides is 1. The molecule has 2 saturated heterocycles. The van der Waals surface area contributed by atoms with Crippen LogP contribution in [0.2, 0.25) is 0 Å². The van der Waals surface area contributed by atoms with E-state index in [2.05, 4.69) is 32.5 Å². The monoisotopic (exact) mass is 559 g/mol. The highest BCUT2D eigenvalue weighted by Gasteiger charge is 2.36. The molecule has 2 aliphatic rings. The van der Waals surface area contributed by atoms with Gasteiger partial charge >= 0.3 is 6.18 Å². The van der Waals surface area contributed by atoms with E-state index in [1.807, 2.05) is 6.92 Å². The molecule has 0 spiro atoms. The number of nitrogens with zero attached hydrogens (tertiary/aromatic N) is 5. The van der Waals surface area contributed by atoms with Gasteiger partial charge in [0.1, 0.15) is 0 Å². The van der Waals surface area contributed by atoms with Crippen LogP contribution in [0.3, 0.4) is 0 Å². The second-order valence-electron chi connectivity index (χ2n) is 9.95. The average molecular weight is 560 g/mol. The molecule has 2 aromatic rings. The fourth-order valence-electron chi connectivity index (χ4n) is 5.01. The molecule has 0 aliphatic carbocycles. The molecule has 4 rings (SSSR count). The summed E-state index contributed by atoms with van der Waals surface area (Å²) in [6.45, 7) is 3.44. The Bertz CT molecular complexity index is 1240. The summed E-state index contributed by atoms with van der Waals surface area (Å²) in [6.07, 6.45) is 0.410. The predicted molar refractivity (Wildman–Crippen MR) is 139 cm³/mol. The zero-order chi connectivity index (χ0) is 27.7. The van der Waals surface area contributed by atoms with Crippen LogP contribution in [0, 0.1) is 5.82 Å². The molecule has 38 heavy (non-hydrogen) atoms. The standard InChI is InChI=1S/C24H33F4N7O2S/c1-16(13-18-5-4-8-33(18)2)30-22-20(25)15-29-23(32-22)31-17-6-7-21(19(14-17)24(26,27)28)34-9-11-35(12-10-34)38(3,36)37/h6-7,14-16,18H,4-5,8-13H2,1-3H3,(H2,29,30,31,32)/t16-,18?/m1/s1. The zero-order valence-electron chi connectivity index (χ0n) is 21.6. The highest BCUT2D eigenvalue weighted by Crippen LogP contribution is 2.39. The van der Waals surface area contributed by atoms with Gasteiger partial charge in [0.25, 0.3) is 0 Å². The number of piperazine rings is 1. The number of benzene rings is 1. The summed E-state index contributed by atoms with van der Waals surface area (Å²) in [5, 5.41) is 5.81. The van der Waals surface area contributed by atoms with Crippen molar-refractivity contribution in [2.75, 3.05) is 61.6 Å². The SMILES string of the molecule is C[C@H](CC1CCCN1C)Nc1nc(Nc2ccc(N3CCN(S(C)(=O)=O)CC3)c(C(F)(F)F)c2)ncc1F. The van der Waals surface area contributed by atoms with Crippen LogP contribution >= 0.6 is 0 Å². The zero-order valence-corrected chi connectivity index (χ0v) is 22.4. The molecule has 1 aromatic heterocycles. The minimum atomic E-state index is -4.65. The van der Waals surface area contributed by atoms with Crippen LogP contribution in [0.25, 0.3) is 0 Å². The summed E-state index contributed by atoms with van der Waals surface area (Å²) in [5.74, 6) is -0.712. The van der Waals surface area contributed by atoms with Gasteiger partial charge in [0.2, 0.25) is 16.0 Å². The number of hydrogen-bond donors (Lipinski definition) is 2. The lowest BCUT2D eigenvalue weighted by Crippen LogP contribution is -2.48. The van der Waals surface area contributed by atoms with Gasteiger partial charge in [-0.25, -0.2) is 17.8 Å². The minimum Gasteiger partial charge on any atom is -0.368 e. The maximum atomic E-state index is 14.4. The summed E-state index contributed by atoms with van der Waals surface area (Å²) in [5.41, 5.74) is -0.816. The van der Waals surface area contributed by atoms with Gasteiger partial charge in [0, 0.05) is 49.6 Å². The maximum absolute atomic E-state index is 14.4. The molecule has 2 N–H and O–H groups in total. The summed E-state index contributed by atoms with van der Waals surface area (Å²) in [4.78, 5) is 11.8. The third kappa shape index (κ3) is 6.83. The molecule has 9 nitrogen and oxygen atoms in total. The summed E-state index contributed by atoms with van der Waals surface area (Å²) in [7, 11) is -1.34. The Kier molecular flexibility index (Phi) is 8.33. The molecule has 0 amide bonds. The van der Waals surface area contributed by atoms with E-state index in [4.69, 9.17) is 0 Å². The van der Waals surface area contributed by atoms with Crippen molar-refractivity contribution in [3.05, 3.63) is 35.8 Å². The fourth-order valence-corrected chi connectivity index (χ4v) is 5.84. The number of hydrogen-bond acceptors (Lipinski definition) is 8. The van der Waals surface area contributed by atoms with E-state index >= 15 is 0 Å². The molecule has 0 saturated carbocycles. The van der Waals surface area contributed by atoms with Crippen molar-refractivity contribution in [1.82, 2.24) is 19.2 Å². The van der Waals surface area contributed by atoms with Crippen LogP contribution in [-0.4, -0.2) is 85.7 Å². The van der Waals surface area contributed by atoms with Crippen molar-refractivity contribution in [1.29, 1.82) is 0 Å².